The number of ether oxygens (including phenoxy) is 1. The van der Waals surface area contributed by atoms with Crippen molar-refractivity contribution in [2.45, 2.75) is 19.0 Å². The maximum atomic E-state index is 12.0. The Morgan fingerprint density at radius 2 is 2.00 bits per heavy atom. The van der Waals surface area contributed by atoms with Crippen molar-refractivity contribution in [3.8, 4) is 5.75 Å². The molecule has 0 bridgehead atoms. The van der Waals surface area contributed by atoms with E-state index in [1.165, 1.54) is 25.3 Å². The molecule has 5 nitrogen and oxygen atoms in total. The van der Waals surface area contributed by atoms with Crippen molar-refractivity contribution >= 4 is 21.4 Å². The number of halogens is 3. The van der Waals surface area contributed by atoms with Gasteiger partial charge in [-0.25, -0.2) is 8.42 Å². The van der Waals surface area contributed by atoms with Crippen LogP contribution in [0.4, 0.5) is 24.5 Å². The zero-order valence-electron chi connectivity index (χ0n) is 10.7. The number of benzene rings is 1. The third-order valence-electron chi connectivity index (χ3n) is 2.36. The summed E-state index contributed by atoms with van der Waals surface area (Å²) in [5, 5.41) is 0. The van der Waals surface area contributed by atoms with Gasteiger partial charge in [0.05, 0.1) is 18.6 Å². The molecular weight excluding hydrogens is 297 g/mol. The van der Waals surface area contributed by atoms with E-state index in [0.29, 0.717) is 5.69 Å². The molecule has 1 aromatic rings. The number of methoxy groups -OCH3 is 1. The molecule has 0 fully saturated rings. The molecule has 0 aliphatic rings. The lowest BCUT2D eigenvalue weighted by Gasteiger charge is -2.12. The van der Waals surface area contributed by atoms with E-state index >= 15 is 0 Å². The zero-order chi connectivity index (χ0) is 15.4. The monoisotopic (exact) mass is 312 g/mol. The Morgan fingerprint density at radius 1 is 1.35 bits per heavy atom. The van der Waals surface area contributed by atoms with Gasteiger partial charge >= 0.3 is 6.18 Å². The summed E-state index contributed by atoms with van der Waals surface area (Å²) in [4.78, 5) is 0. The van der Waals surface area contributed by atoms with Crippen LogP contribution in [-0.4, -0.2) is 27.5 Å². The predicted octanol–water partition coefficient (Wildman–Crippen LogP) is 2.36. The summed E-state index contributed by atoms with van der Waals surface area (Å²) in [5.41, 5.74) is 5.92. The molecule has 0 spiro atoms. The number of alkyl halides is 3. The number of nitrogens with two attached hydrogens (primary N) is 1. The minimum absolute atomic E-state index is 0.0968. The Bertz CT molecular complexity index is 559. The molecule has 0 saturated heterocycles. The van der Waals surface area contributed by atoms with Crippen LogP contribution in [0.15, 0.2) is 18.2 Å². The van der Waals surface area contributed by atoms with Gasteiger partial charge in [-0.15, -0.1) is 0 Å². The normalized spacial score (nSPS) is 12.2. The average molecular weight is 312 g/mol. The Hall–Kier alpha value is -1.64. The Balaban J connectivity index is 2.74. The molecule has 0 amide bonds. The maximum Gasteiger partial charge on any atom is 0.389 e. The Labute approximate surface area is 115 Å². The van der Waals surface area contributed by atoms with Gasteiger partial charge in [0.15, 0.2) is 0 Å². The molecule has 0 unspecified atom stereocenters. The molecule has 0 aliphatic heterocycles. The quantitative estimate of drug-likeness (QED) is 0.790. The third kappa shape index (κ3) is 5.55. The van der Waals surface area contributed by atoms with Crippen molar-refractivity contribution in [3.05, 3.63) is 18.2 Å². The van der Waals surface area contributed by atoms with Crippen molar-refractivity contribution in [1.82, 2.24) is 0 Å². The van der Waals surface area contributed by atoms with Gasteiger partial charge in [0.2, 0.25) is 10.0 Å². The van der Waals surface area contributed by atoms with Gasteiger partial charge in [-0.3, -0.25) is 4.72 Å². The van der Waals surface area contributed by atoms with E-state index in [1.807, 2.05) is 0 Å². The average Bonchev–Trinajstić information content (AvgIpc) is 2.26. The molecule has 114 valence electrons. The van der Waals surface area contributed by atoms with Gasteiger partial charge in [0.1, 0.15) is 5.75 Å². The van der Waals surface area contributed by atoms with Gasteiger partial charge in [-0.1, -0.05) is 0 Å². The number of nitrogen functional groups attached to an aromatic ring is 1. The smallest absolute Gasteiger partial charge is 0.389 e. The SMILES string of the molecule is COc1ccc(N)cc1NS(=O)(=O)CCCC(F)(F)F. The standard InChI is InChI=1S/C11H15F3N2O3S/c1-19-10-4-3-8(15)7-9(10)16-20(17,18)6-2-5-11(12,13)14/h3-4,7,16H,2,5-6,15H2,1H3. The topological polar surface area (TPSA) is 81.4 Å². The lowest BCUT2D eigenvalue weighted by Crippen LogP contribution is -2.19. The highest BCUT2D eigenvalue weighted by atomic mass is 32.2. The Morgan fingerprint density at radius 3 is 2.55 bits per heavy atom. The van der Waals surface area contributed by atoms with Crippen molar-refractivity contribution in [3.63, 3.8) is 0 Å². The molecule has 3 N–H and O–H groups in total. The molecule has 1 aromatic carbocycles. The number of anilines is 2. The third-order valence-corrected chi connectivity index (χ3v) is 3.72. The summed E-state index contributed by atoms with van der Waals surface area (Å²) in [6.07, 6.45) is -6.03. The van der Waals surface area contributed by atoms with E-state index in [2.05, 4.69) is 4.72 Å². The molecule has 0 aromatic heterocycles. The molecule has 0 heterocycles. The second kappa shape index (κ2) is 6.21. The van der Waals surface area contributed by atoms with Crippen molar-refractivity contribution in [2.75, 3.05) is 23.3 Å². The Kier molecular flexibility index (Phi) is 5.09. The minimum Gasteiger partial charge on any atom is -0.495 e. The van der Waals surface area contributed by atoms with Gasteiger partial charge in [0.25, 0.3) is 0 Å². The molecule has 0 saturated carbocycles. The van der Waals surface area contributed by atoms with E-state index < -0.39 is 34.8 Å². The molecule has 20 heavy (non-hydrogen) atoms. The largest absolute Gasteiger partial charge is 0.495 e. The summed E-state index contributed by atoms with van der Waals surface area (Å²) in [6, 6.07) is 4.31. The van der Waals surface area contributed by atoms with Crippen molar-refractivity contribution in [2.24, 2.45) is 0 Å². The summed E-state index contributed by atoms with van der Waals surface area (Å²) in [5.74, 6) is -0.400. The van der Waals surface area contributed by atoms with E-state index in [0.717, 1.165) is 0 Å². The van der Waals surface area contributed by atoms with Crippen LogP contribution in [0.25, 0.3) is 0 Å². The first-order chi connectivity index (χ1) is 9.13. The first kappa shape index (κ1) is 16.4. The fourth-order valence-corrected chi connectivity index (χ4v) is 2.61. The highest BCUT2D eigenvalue weighted by Crippen LogP contribution is 2.28. The highest BCUT2D eigenvalue weighted by molar-refractivity contribution is 7.92. The summed E-state index contributed by atoms with van der Waals surface area (Å²) < 4.78 is 66.4. The van der Waals surface area contributed by atoms with Gasteiger partial charge in [0, 0.05) is 12.1 Å². The van der Waals surface area contributed by atoms with E-state index in [1.54, 1.807) is 0 Å². The van der Waals surface area contributed by atoms with E-state index in [-0.39, 0.29) is 11.4 Å². The first-order valence-corrected chi connectivity index (χ1v) is 7.29. The lowest BCUT2D eigenvalue weighted by atomic mass is 10.2. The second-order valence-corrected chi connectivity index (χ2v) is 5.94. The number of hydrogen-bond acceptors (Lipinski definition) is 4. The second-order valence-electron chi connectivity index (χ2n) is 4.10. The predicted molar refractivity (Wildman–Crippen MR) is 70.1 cm³/mol. The van der Waals surface area contributed by atoms with Crippen LogP contribution in [0, 0.1) is 0 Å². The van der Waals surface area contributed by atoms with Crippen molar-refractivity contribution < 1.29 is 26.3 Å². The minimum atomic E-state index is -4.37. The molecule has 1 rings (SSSR count). The van der Waals surface area contributed by atoms with Crippen molar-refractivity contribution in [1.29, 1.82) is 0 Å². The summed E-state index contributed by atoms with van der Waals surface area (Å²) >= 11 is 0. The van der Waals surface area contributed by atoms with Crippen LogP contribution >= 0.6 is 0 Å². The number of sulfonamides is 1. The molecular formula is C11H15F3N2O3S. The van der Waals surface area contributed by atoms with Crippen LogP contribution in [-0.2, 0) is 10.0 Å². The number of rotatable bonds is 6. The maximum absolute atomic E-state index is 12.0. The highest BCUT2D eigenvalue weighted by Gasteiger charge is 2.27. The molecule has 9 heteroatoms. The summed E-state index contributed by atoms with van der Waals surface area (Å²) in [7, 11) is -2.55. The van der Waals surface area contributed by atoms with Crippen LogP contribution in [0.2, 0.25) is 0 Å². The molecule has 0 aliphatic carbocycles. The number of hydrogen-bond donors (Lipinski definition) is 2. The van der Waals surface area contributed by atoms with E-state index in [9.17, 15) is 21.6 Å². The first-order valence-electron chi connectivity index (χ1n) is 5.64. The van der Waals surface area contributed by atoms with Gasteiger partial charge in [-0.05, 0) is 24.6 Å². The fraction of sp³-hybridized carbons (Fsp3) is 0.455. The van der Waals surface area contributed by atoms with Crippen LogP contribution in [0.5, 0.6) is 5.75 Å². The summed E-state index contributed by atoms with van der Waals surface area (Å²) in [6.45, 7) is 0. The number of nitrogens with one attached hydrogen (secondary N) is 1. The molecule has 0 atom stereocenters. The van der Waals surface area contributed by atoms with E-state index in [4.69, 9.17) is 10.5 Å². The van der Waals surface area contributed by atoms with Gasteiger partial charge in [-0.2, -0.15) is 13.2 Å². The van der Waals surface area contributed by atoms with Crippen LogP contribution < -0.4 is 15.2 Å². The van der Waals surface area contributed by atoms with Crippen LogP contribution in [0.1, 0.15) is 12.8 Å². The van der Waals surface area contributed by atoms with Gasteiger partial charge < -0.3 is 10.5 Å². The lowest BCUT2D eigenvalue weighted by molar-refractivity contribution is -0.134. The fourth-order valence-electron chi connectivity index (χ4n) is 1.49. The molecule has 0 radical (unpaired) electrons. The van der Waals surface area contributed by atoms with Crippen LogP contribution in [0.3, 0.4) is 0 Å². The zero-order valence-corrected chi connectivity index (χ0v) is 11.5.